The topological polar surface area (TPSA) is 60.2 Å². The molecule has 4 heteroatoms. The van der Waals surface area contributed by atoms with Crippen LogP contribution in [-0.2, 0) is 19.7 Å². The first-order valence-electron chi connectivity index (χ1n) is 6.98. The third-order valence-electron chi connectivity index (χ3n) is 3.28. The van der Waals surface area contributed by atoms with Gasteiger partial charge < -0.3 is 5.11 Å². The van der Waals surface area contributed by atoms with E-state index in [-0.39, 0.29) is 6.61 Å². The van der Waals surface area contributed by atoms with Crippen molar-refractivity contribution in [1.82, 2.24) is 9.88 Å². The third-order valence-corrected chi connectivity index (χ3v) is 3.28. The lowest BCUT2D eigenvalue weighted by molar-refractivity contribution is 0.262. The fourth-order valence-corrected chi connectivity index (χ4v) is 2.18. The van der Waals surface area contributed by atoms with Crippen LogP contribution < -0.4 is 0 Å². The number of nitriles is 1. The molecule has 0 unspecified atom stereocenters. The van der Waals surface area contributed by atoms with Crippen LogP contribution in [0.2, 0.25) is 0 Å². The Hall–Kier alpha value is -2.22. The summed E-state index contributed by atoms with van der Waals surface area (Å²) in [4.78, 5) is 6.36. The Morgan fingerprint density at radius 3 is 2.38 bits per heavy atom. The van der Waals surface area contributed by atoms with Gasteiger partial charge in [-0.05, 0) is 22.8 Å². The highest BCUT2D eigenvalue weighted by atomic mass is 16.3. The summed E-state index contributed by atoms with van der Waals surface area (Å²) in [5.41, 5.74) is 3.23. The van der Waals surface area contributed by atoms with E-state index in [4.69, 9.17) is 10.4 Å². The lowest BCUT2D eigenvalue weighted by Crippen LogP contribution is -2.23. The van der Waals surface area contributed by atoms with Crippen molar-refractivity contribution in [3.8, 4) is 6.07 Å². The molecule has 0 saturated heterocycles. The Labute approximate surface area is 125 Å². The number of hydrogen-bond acceptors (Lipinski definition) is 4. The van der Waals surface area contributed by atoms with E-state index in [1.54, 1.807) is 6.20 Å². The SMILES string of the molecule is N#CCCN(Cc1ccc(CO)cc1)Cc1cccnc1. The molecule has 0 aliphatic heterocycles. The number of aromatic nitrogens is 1. The van der Waals surface area contributed by atoms with E-state index in [1.165, 1.54) is 5.56 Å². The molecule has 0 amide bonds. The number of aliphatic hydroxyl groups is 1. The van der Waals surface area contributed by atoms with E-state index >= 15 is 0 Å². The van der Waals surface area contributed by atoms with E-state index in [2.05, 4.69) is 16.0 Å². The minimum atomic E-state index is 0.0636. The molecule has 0 fully saturated rings. The highest BCUT2D eigenvalue weighted by molar-refractivity contribution is 5.22. The zero-order valence-electron chi connectivity index (χ0n) is 11.9. The molecular formula is C17H19N3O. The quantitative estimate of drug-likeness (QED) is 0.847. The average molecular weight is 281 g/mol. The Morgan fingerprint density at radius 2 is 1.76 bits per heavy atom. The second-order valence-corrected chi connectivity index (χ2v) is 4.95. The van der Waals surface area contributed by atoms with Gasteiger partial charge in [0.15, 0.2) is 0 Å². The fourth-order valence-electron chi connectivity index (χ4n) is 2.18. The lowest BCUT2D eigenvalue weighted by Gasteiger charge is -2.21. The van der Waals surface area contributed by atoms with Crippen molar-refractivity contribution >= 4 is 0 Å². The molecule has 108 valence electrons. The maximum Gasteiger partial charge on any atom is 0.0681 e. The molecule has 1 aromatic heterocycles. The van der Waals surface area contributed by atoms with Crippen LogP contribution in [0.25, 0.3) is 0 Å². The number of nitrogens with zero attached hydrogens (tertiary/aromatic N) is 3. The van der Waals surface area contributed by atoms with Crippen LogP contribution in [0.5, 0.6) is 0 Å². The fraction of sp³-hybridized carbons (Fsp3) is 0.294. The largest absolute Gasteiger partial charge is 0.392 e. The van der Waals surface area contributed by atoms with Crippen molar-refractivity contribution in [1.29, 1.82) is 5.26 Å². The zero-order valence-corrected chi connectivity index (χ0v) is 11.9. The molecule has 0 radical (unpaired) electrons. The molecule has 0 spiro atoms. The Balaban J connectivity index is 2.03. The van der Waals surface area contributed by atoms with Crippen LogP contribution in [0.15, 0.2) is 48.8 Å². The van der Waals surface area contributed by atoms with Crippen molar-refractivity contribution in [3.05, 3.63) is 65.5 Å². The third kappa shape index (κ3) is 4.99. The molecule has 0 atom stereocenters. The maximum absolute atomic E-state index is 9.07. The second kappa shape index (κ2) is 8.15. The van der Waals surface area contributed by atoms with Crippen LogP contribution in [0.3, 0.4) is 0 Å². The minimum Gasteiger partial charge on any atom is -0.392 e. The first kappa shape index (κ1) is 15.2. The summed E-state index contributed by atoms with van der Waals surface area (Å²) in [5, 5.41) is 17.9. The Morgan fingerprint density at radius 1 is 1.05 bits per heavy atom. The minimum absolute atomic E-state index is 0.0636. The van der Waals surface area contributed by atoms with Crippen LogP contribution in [0, 0.1) is 11.3 Å². The van der Waals surface area contributed by atoms with Crippen LogP contribution in [-0.4, -0.2) is 21.5 Å². The van der Waals surface area contributed by atoms with Gasteiger partial charge in [0, 0.05) is 38.4 Å². The number of pyridine rings is 1. The first-order valence-corrected chi connectivity index (χ1v) is 6.98. The summed E-state index contributed by atoms with van der Waals surface area (Å²) in [7, 11) is 0. The highest BCUT2D eigenvalue weighted by Crippen LogP contribution is 2.11. The summed E-state index contributed by atoms with van der Waals surface area (Å²) < 4.78 is 0. The Kier molecular flexibility index (Phi) is 5.89. The molecular weight excluding hydrogens is 262 g/mol. The number of rotatable bonds is 7. The summed E-state index contributed by atoms with van der Waals surface area (Å²) >= 11 is 0. The summed E-state index contributed by atoms with van der Waals surface area (Å²) in [5.74, 6) is 0. The van der Waals surface area contributed by atoms with Crippen molar-refractivity contribution in [3.63, 3.8) is 0 Å². The predicted octanol–water partition coefficient (Wildman–Crippen LogP) is 2.49. The van der Waals surface area contributed by atoms with Gasteiger partial charge in [-0.25, -0.2) is 0 Å². The van der Waals surface area contributed by atoms with Gasteiger partial charge in [0.2, 0.25) is 0 Å². The van der Waals surface area contributed by atoms with E-state index in [0.29, 0.717) is 6.42 Å². The molecule has 2 aromatic rings. The van der Waals surface area contributed by atoms with Gasteiger partial charge in [-0.2, -0.15) is 5.26 Å². The molecule has 0 bridgehead atoms. The molecule has 1 N–H and O–H groups in total. The lowest BCUT2D eigenvalue weighted by atomic mass is 10.1. The van der Waals surface area contributed by atoms with Gasteiger partial charge in [-0.3, -0.25) is 9.88 Å². The zero-order chi connectivity index (χ0) is 14.9. The van der Waals surface area contributed by atoms with E-state index < -0.39 is 0 Å². The smallest absolute Gasteiger partial charge is 0.0681 e. The summed E-state index contributed by atoms with van der Waals surface area (Å²) in [6.45, 7) is 2.35. The number of aliphatic hydroxyl groups excluding tert-OH is 1. The van der Waals surface area contributed by atoms with Crippen LogP contribution >= 0.6 is 0 Å². The van der Waals surface area contributed by atoms with Gasteiger partial charge in [-0.1, -0.05) is 30.3 Å². The van der Waals surface area contributed by atoms with Crippen molar-refractivity contribution < 1.29 is 5.11 Å². The second-order valence-electron chi connectivity index (χ2n) is 4.95. The molecule has 21 heavy (non-hydrogen) atoms. The molecule has 0 aliphatic carbocycles. The molecule has 2 rings (SSSR count). The molecule has 1 aromatic carbocycles. The predicted molar refractivity (Wildman–Crippen MR) is 80.9 cm³/mol. The molecule has 1 heterocycles. The molecule has 0 aliphatic rings. The average Bonchev–Trinajstić information content (AvgIpc) is 2.54. The number of benzene rings is 1. The first-order chi connectivity index (χ1) is 10.3. The van der Waals surface area contributed by atoms with Gasteiger partial charge in [-0.15, -0.1) is 0 Å². The Bertz CT molecular complexity index is 575. The number of hydrogen-bond donors (Lipinski definition) is 1. The van der Waals surface area contributed by atoms with Gasteiger partial charge in [0.25, 0.3) is 0 Å². The van der Waals surface area contributed by atoms with E-state index in [9.17, 15) is 0 Å². The monoisotopic (exact) mass is 281 g/mol. The van der Waals surface area contributed by atoms with Crippen molar-refractivity contribution in [2.24, 2.45) is 0 Å². The normalized spacial score (nSPS) is 10.5. The van der Waals surface area contributed by atoms with Crippen molar-refractivity contribution in [2.45, 2.75) is 26.1 Å². The van der Waals surface area contributed by atoms with Gasteiger partial charge >= 0.3 is 0 Å². The standard InChI is InChI=1S/C17H19N3O/c18-8-2-10-20(13-17-3-1-9-19-11-17)12-15-4-6-16(14-21)7-5-15/h1,3-7,9,11,21H,2,10,12-14H2. The molecule has 0 saturated carbocycles. The summed E-state index contributed by atoms with van der Waals surface area (Å²) in [6, 6.07) is 14.1. The molecule has 4 nitrogen and oxygen atoms in total. The van der Waals surface area contributed by atoms with Crippen molar-refractivity contribution in [2.75, 3.05) is 6.54 Å². The highest BCUT2D eigenvalue weighted by Gasteiger charge is 2.07. The van der Waals surface area contributed by atoms with Crippen LogP contribution in [0.1, 0.15) is 23.1 Å². The van der Waals surface area contributed by atoms with E-state index in [1.807, 2.05) is 42.6 Å². The van der Waals surface area contributed by atoms with E-state index in [0.717, 1.165) is 30.8 Å². The van der Waals surface area contributed by atoms with Gasteiger partial charge in [0.1, 0.15) is 0 Å². The maximum atomic E-state index is 9.07. The van der Waals surface area contributed by atoms with Crippen LogP contribution in [0.4, 0.5) is 0 Å². The summed E-state index contributed by atoms with van der Waals surface area (Å²) in [6.07, 6.45) is 4.12. The van der Waals surface area contributed by atoms with Gasteiger partial charge in [0.05, 0.1) is 12.7 Å².